The van der Waals surface area contributed by atoms with Crippen molar-refractivity contribution in [3.8, 4) is 0 Å². The lowest BCUT2D eigenvalue weighted by atomic mass is 9.95. The zero-order valence-corrected chi connectivity index (χ0v) is 14.9. The van der Waals surface area contributed by atoms with Gasteiger partial charge in [0.1, 0.15) is 6.10 Å². The number of carbonyl (C=O) groups is 2. The standard InChI is InChI=1S/C18H28N4O3/c1-13-11-16(20-22(13)14-7-3-2-4-8-14)19-17(24)12-21-10-6-5-9-15(23)18(21)25/h11,14-15,23H,2-10,12H2,1H3,(H,19,20,24). The lowest BCUT2D eigenvalue weighted by molar-refractivity contribution is -0.141. The molecule has 2 amide bonds. The van der Waals surface area contributed by atoms with E-state index in [1.54, 1.807) is 0 Å². The van der Waals surface area contributed by atoms with Crippen LogP contribution in [-0.2, 0) is 9.59 Å². The van der Waals surface area contributed by atoms with Crippen LogP contribution in [0.1, 0.15) is 63.1 Å². The van der Waals surface area contributed by atoms with E-state index in [0.717, 1.165) is 31.4 Å². The minimum atomic E-state index is -0.983. The topological polar surface area (TPSA) is 87.5 Å². The molecule has 0 bridgehead atoms. The number of hydrogen-bond donors (Lipinski definition) is 2. The third kappa shape index (κ3) is 4.39. The lowest BCUT2D eigenvalue weighted by Gasteiger charge is -2.23. The number of carbonyl (C=O) groups excluding carboxylic acids is 2. The van der Waals surface area contributed by atoms with Crippen molar-refractivity contribution in [1.82, 2.24) is 14.7 Å². The van der Waals surface area contributed by atoms with E-state index in [9.17, 15) is 14.7 Å². The minimum absolute atomic E-state index is 0.0365. The SMILES string of the molecule is Cc1cc(NC(=O)CN2CCCCC(O)C2=O)nn1C1CCCCC1. The second-order valence-corrected chi connectivity index (χ2v) is 7.23. The van der Waals surface area contributed by atoms with Gasteiger partial charge in [0.05, 0.1) is 12.6 Å². The highest BCUT2D eigenvalue weighted by atomic mass is 16.3. The molecule has 1 saturated carbocycles. The molecule has 1 saturated heterocycles. The van der Waals surface area contributed by atoms with Gasteiger partial charge in [0.15, 0.2) is 5.82 Å². The Balaban J connectivity index is 1.60. The van der Waals surface area contributed by atoms with E-state index >= 15 is 0 Å². The molecule has 2 fully saturated rings. The number of nitrogens with one attached hydrogen (secondary N) is 1. The normalized spacial score (nSPS) is 22.7. The fraction of sp³-hybridized carbons (Fsp3) is 0.722. The smallest absolute Gasteiger partial charge is 0.251 e. The summed E-state index contributed by atoms with van der Waals surface area (Å²) in [6, 6.07) is 2.30. The zero-order chi connectivity index (χ0) is 17.8. The van der Waals surface area contributed by atoms with Crippen LogP contribution < -0.4 is 5.32 Å². The molecule has 2 aliphatic rings. The number of nitrogens with zero attached hydrogens (tertiary/aromatic N) is 3. The first-order chi connectivity index (χ1) is 12.0. The molecular weight excluding hydrogens is 320 g/mol. The molecule has 1 aromatic rings. The largest absolute Gasteiger partial charge is 0.383 e. The van der Waals surface area contributed by atoms with Crippen molar-refractivity contribution in [3.05, 3.63) is 11.8 Å². The summed E-state index contributed by atoms with van der Waals surface area (Å²) >= 11 is 0. The summed E-state index contributed by atoms with van der Waals surface area (Å²) in [5.74, 6) is -0.0804. The molecule has 0 radical (unpaired) electrons. The molecule has 1 atom stereocenters. The van der Waals surface area contributed by atoms with Crippen LogP contribution in [0.25, 0.3) is 0 Å². The van der Waals surface area contributed by atoms with Crippen LogP contribution in [0, 0.1) is 6.92 Å². The van der Waals surface area contributed by atoms with Crippen molar-refractivity contribution >= 4 is 17.6 Å². The Morgan fingerprint density at radius 1 is 1.24 bits per heavy atom. The Morgan fingerprint density at radius 2 is 1.96 bits per heavy atom. The summed E-state index contributed by atoms with van der Waals surface area (Å²) in [5.41, 5.74) is 1.04. The van der Waals surface area contributed by atoms with Gasteiger partial charge >= 0.3 is 0 Å². The number of rotatable bonds is 4. The Morgan fingerprint density at radius 3 is 2.72 bits per heavy atom. The molecule has 7 nitrogen and oxygen atoms in total. The van der Waals surface area contributed by atoms with E-state index in [1.807, 2.05) is 17.7 Å². The molecule has 2 heterocycles. The van der Waals surface area contributed by atoms with E-state index in [4.69, 9.17) is 0 Å². The summed E-state index contributed by atoms with van der Waals surface area (Å²) in [6.07, 6.45) is 7.12. The van der Waals surface area contributed by atoms with E-state index < -0.39 is 6.10 Å². The zero-order valence-electron chi connectivity index (χ0n) is 14.9. The Bertz CT molecular complexity index is 622. The van der Waals surface area contributed by atoms with Crippen molar-refractivity contribution in [2.24, 2.45) is 0 Å². The van der Waals surface area contributed by atoms with Gasteiger partial charge < -0.3 is 15.3 Å². The van der Waals surface area contributed by atoms with Gasteiger partial charge in [0.2, 0.25) is 5.91 Å². The molecular formula is C18H28N4O3. The van der Waals surface area contributed by atoms with Gasteiger partial charge in [-0.3, -0.25) is 14.3 Å². The fourth-order valence-electron chi connectivity index (χ4n) is 3.84. The molecule has 1 aliphatic heterocycles. The maximum atomic E-state index is 12.3. The average molecular weight is 348 g/mol. The second kappa shape index (κ2) is 7.99. The van der Waals surface area contributed by atoms with E-state index in [2.05, 4.69) is 10.4 Å². The maximum Gasteiger partial charge on any atom is 0.251 e. The Hall–Kier alpha value is -1.89. The van der Waals surface area contributed by atoms with Gasteiger partial charge in [0, 0.05) is 18.3 Å². The molecule has 1 aromatic heterocycles. The maximum absolute atomic E-state index is 12.3. The average Bonchev–Trinajstić information content (AvgIpc) is 2.89. The van der Waals surface area contributed by atoms with Crippen molar-refractivity contribution in [1.29, 1.82) is 0 Å². The molecule has 0 spiro atoms. The predicted octanol–water partition coefficient (Wildman–Crippen LogP) is 2.01. The number of amides is 2. The minimum Gasteiger partial charge on any atom is -0.383 e. The Labute approximate surface area is 148 Å². The molecule has 2 N–H and O–H groups in total. The van der Waals surface area contributed by atoms with Crippen molar-refractivity contribution in [3.63, 3.8) is 0 Å². The molecule has 1 unspecified atom stereocenters. The van der Waals surface area contributed by atoms with Gasteiger partial charge in [-0.2, -0.15) is 5.10 Å². The summed E-state index contributed by atoms with van der Waals surface area (Å²) in [6.45, 7) is 2.48. The highest BCUT2D eigenvalue weighted by Gasteiger charge is 2.26. The Kier molecular flexibility index (Phi) is 5.73. The third-order valence-corrected chi connectivity index (χ3v) is 5.20. The summed E-state index contributed by atoms with van der Waals surface area (Å²) < 4.78 is 2.02. The van der Waals surface area contributed by atoms with Gasteiger partial charge in [0.25, 0.3) is 5.91 Å². The van der Waals surface area contributed by atoms with Crippen LogP contribution in [0.2, 0.25) is 0 Å². The number of anilines is 1. The first-order valence-electron chi connectivity index (χ1n) is 9.37. The lowest BCUT2D eigenvalue weighted by Crippen LogP contribution is -2.42. The summed E-state index contributed by atoms with van der Waals surface area (Å²) in [7, 11) is 0. The number of aliphatic hydroxyl groups excluding tert-OH is 1. The number of aromatic nitrogens is 2. The fourth-order valence-corrected chi connectivity index (χ4v) is 3.84. The van der Waals surface area contributed by atoms with Crippen molar-refractivity contribution < 1.29 is 14.7 Å². The number of aryl methyl sites for hydroxylation is 1. The van der Waals surface area contributed by atoms with Crippen LogP contribution >= 0.6 is 0 Å². The highest BCUT2D eigenvalue weighted by molar-refractivity contribution is 5.94. The van der Waals surface area contributed by atoms with Crippen molar-refractivity contribution in [2.75, 3.05) is 18.4 Å². The molecule has 0 aromatic carbocycles. The molecule has 138 valence electrons. The molecule has 1 aliphatic carbocycles. The van der Waals surface area contributed by atoms with Gasteiger partial charge in [-0.15, -0.1) is 0 Å². The summed E-state index contributed by atoms with van der Waals surface area (Å²) in [4.78, 5) is 25.8. The van der Waals surface area contributed by atoms with E-state index in [1.165, 1.54) is 24.2 Å². The van der Waals surface area contributed by atoms with Crippen molar-refractivity contribution in [2.45, 2.75) is 70.4 Å². The number of aliphatic hydroxyl groups is 1. The first kappa shape index (κ1) is 17.9. The molecule has 3 rings (SSSR count). The van der Waals surface area contributed by atoms with Gasteiger partial charge in [-0.05, 0) is 39.0 Å². The predicted molar refractivity (Wildman–Crippen MR) is 94.2 cm³/mol. The highest BCUT2D eigenvalue weighted by Crippen LogP contribution is 2.29. The van der Waals surface area contributed by atoms with Gasteiger partial charge in [-0.25, -0.2) is 0 Å². The van der Waals surface area contributed by atoms with E-state index in [0.29, 0.717) is 24.8 Å². The van der Waals surface area contributed by atoms with Crippen LogP contribution in [0.3, 0.4) is 0 Å². The van der Waals surface area contributed by atoms with Gasteiger partial charge in [-0.1, -0.05) is 19.3 Å². The monoisotopic (exact) mass is 348 g/mol. The second-order valence-electron chi connectivity index (χ2n) is 7.23. The number of hydrogen-bond acceptors (Lipinski definition) is 4. The van der Waals surface area contributed by atoms with Crippen LogP contribution in [0.5, 0.6) is 0 Å². The molecule has 25 heavy (non-hydrogen) atoms. The summed E-state index contributed by atoms with van der Waals surface area (Å²) in [5, 5.41) is 17.1. The van der Waals surface area contributed by atoms with Crippen LogP contribution in [0.15, 0.2) is 6.07 Å². The van der Waals surface area contributed by atoms with E-state index in [-0.39, 0.29) is 18.4 Å². The number of likely N-dealkylation sites (tertiary alicyclic amines) is 1. The quantitative estimate of drug-likeness (QED) is 0.871. The van der Waals surface area contributed by atoms with Crippen LogP contribution in [-0.4, -0.2) is 50.8 Å². The third-order valence-electron chi connectivity index (χ3n) is 5.20. The first-order valence-corrected chi connectivity index (χ1v) is 9.37. The molecule has 7 heteroatoms. The van der Waals surface area contributed by atoms with Crippen LogP contribution in [0.4, 0.5) is 5.82 Å².